The van der Waals surface area contributed by atoms with E-state index in [1.54, 1.807) is 6.92 Å². The SMILES string of the molecule is CCS(=O)(=O)CCCNCC1CCCC1C(=O)O. The Bertz CT molecular complexity index is 366. The predicted octanol–water partition coefficient (Wildman–Crippen LogP) is 0.902. The molecule has 106 valence electrons. The summed E-state index contributed by atoms with van der Waals surface area (Å²) in [5.74, 6) is -0.324. The molecule has 1 aliphatic carbocycles. The highest BCUT2D eigenvalue weighted by atomic mass is 32.2. The van der Waals surface area contributed by atoms with Gasteiger partial charge in [0.2, 0.25) is 0 Å². The average Bonchev–Trinajstić information content (AvgIpc) is 2.77. The van der Waals surface area contributed by atoms with Crippen LogP contribution in [0.25, 0.3) is 0 Å². The van der Waals surface area contributed by atoms with Crippen molar-refractivity contribution in [1.29, 1.82) is 0 Å². The topological polar surface area (TPSA) is 83.5 Å². The van der Waals surface area contributed by atoms with Crippen LogP contribution in [0, 0.1) is 11.8 Å². The molecule has 0 aromatic carbocycles. The van der Waals surface area contributed by atoms with Crippen molar-refractivity contribution >= 4 is 15.8 Å². The van der Waals surface area contributed by atoms with Gasteiger partial charge < -0.3 is 10.4 Å². The van der Waals surface area contributed by atoms with Crippen LogP contribution in [-0.4, -0.2) is 44.1 Å². The van der Waals surface area contributed by atoms with Gasteiger partial charge in [0, 0.05) is 5.75 Å². The number of hydrogen-bond donors (Lipinski definition) is 2. The summed E-state index contributed by atoms with van der Waals surface area (Å²) in [6, 6.07) is 0. The number of aliphatic carboxylic acids is 1. The highest BCUT2D eigenvalue weighted by Crippen LogP contribution is 2.31. The first kappa shape index (κ1) is 15.4. The summed E-state index contributed by atoms with van der Waals surface area (Å²) in [5, 5.41) is 12.2. The van der Waals surface area contributed by atoms with E-state index >= 15 is 0 Å². The van der Waals surface area contributed by atoms with Gasteiger partial charge in [0.15, 0.2) is 0 Å². The van der Waals surface area contributed by atoms with Crippen molar-refractivity contribution in [3.63, 3.8) is 0 Å². The largest absolute Gasteiger partial charge is 0.481 e. The van der Waals surface area contributed by atoms with Gasteiger partial charge in [-0.3, -0.25) is 4.79 Å². The van der Waals surface area contributed by atoms with Crippen molar-refractivity contribution < 1.29 is 18.3 Å². The van der Waals surface area contributed by atoms with Crippen LogP contribution >= 0.6 is 0 Å². The summed E-state index contributed by atoms with van der Waals surface area (Å²) in [7, 11) is -2.88. The van der Waals surface area contributed by atoms with Crippen molar-refractivity contribution in [3.05, 3.63) is 0 Å². The fourth-order valence-electron chi connectivity index (χ4n) is 2.46. The second-order valence-electron chi connectivity index (χ2n) is 4.93. The molecule has 0 heterocycles. The third-order valence-corrected chi connectivity index (χ3v) is 5.42. The molecule has 6 heteroatoms. The lowest BCUT2D eigenvalue weighted by atomic mass is 9.96. The Morgan fingerprint density at radius 3 is 2.72 bits per heavy atom. The van der Waals surface area contributed by atoms with Crippen LogP contribution in [0.3, 0.4) is 0 Å². The summed E-state index contributed by atoms with van der Waals surface area (Å²) in [6.07, 6.45) is 3.30. The molecule has 0 spiro atoms. The van der Waals surface area contributed by atoms with Crippen LogP contribution in [0.15, 0.2) is 0 Å². The number of sulfone groups is 1. The van der Waals surface area contributed by atoms with Gasteiger partial charge >= 0.3 is 5.97 Å². The van der Waals surface area contributed by atoms with Crippen LogP contribution in [0.4, 0.5) is 0 Å². The number of rotatable bonds is 8. The molecule has 1 saturated carbocycles. The molecule has 0 aromatic heterocycles. The minimum absolute atomic E-state index is 0.191. The van der Waals surface area contributed by atoms with Gasteiger partial charge in [0.25, 0.3) is 0 Å². The standard InChI is InChI=1S/C12H23NO4S/c1-2-18(16,17)8-4-7-13-9-10-5-3-6-11(10)12(14)15/h10-11,13H,2-9H2,1H3,(H,14,15). The maximum Gasteiger partial charge on any atom is 0.306 e. The van der Waals surface area contributed by atoms with Crippen LogP contribution in [0.2, 0.25) is 0 Å². The molecule has 1 fully saturated rings. The van der Waals surface area contributed by atoms with E-state index in [-0.39, 0.29) is 23.3 Å². The second-order valence-corrected chi connectivity index (χ2v) is 7.40. The van der Waals surface area contributed by atoms with Crippen molar-refractivity contribution in [2.75, 3.05) is 24.6 Å². The molecule has 18 heavy (non-hydrogen) atoms. The third kappa shape index (κ3) is 4.94. The molecule has 0 bridgehead atoms. The zero-order valence-electron chi connectivity index (χ0n) is 10.9. The molecule has 1 rings (SSSR count). The van der Waals surface area contributed by atoms with Gasteiger partial charge in [0.05, 0.1) is 11.7 Å². The first-order valence-corrected chi connectivity index (χ1v) is 8.42. The Hall–Kier alpha value is -0.620. The first-order chi connectivity index (χ1) is 8.46. The molecule has 1 aliphatic rings. The molecule has 5 nitrogen and oxygen atoms in total. The van der Waals surface area contributed by atoms with Gasteiger partial charge in [-0.15, -0.1) is 0 Å². The molecular formula is C12H23NO4S. The fourth-order valence-corrected chi connectivity index (χ4v) is 3.33. The van der Waals surface area contributed by atoms with E-state index in [4.69, 9.17) is 5.11 Å². The smallest absolute Gasteiger partial charge is 0.306 e. The summed E-state index contributed by atoms with van der Waals surface area (Å²) < 4.78 is 22.5. The number of hydrogen-bond acceptors (Lipinski definition) is 4. The van der Waals surface area contributed by atoms with Crippen LogP contribution in [-0.2, 0) is 14.6 Å². The van der Waals surface area contributed by atoms with E-state index in [0.717, 1.165) is 19.3 Å². The van der Waals surface area contributed by atoms with E-state index in [0.29, 0.717) is 19.5 Å². The average molecular weight is 277 g/mol. The highest BCUT2D eigenvalue weighted by molar-refractivity contribution is 7.91. The molecular weight excluding hydrogens is 254 g/mol. The number of carboxylic acids is 1. The number of carbonyl (C=O) groups is 1. The van der Waals surface area contributed by atoms with Crippen LogP contribution in [0.1, 0.15) is 32.6 Å². The Balaban J connectivity index is 2.16. The van der Waals surface area contributed by atoms with Crippen molar-refractivity contribution in [3.8, 4) is 0 Å². The molecule has 2 atom stereocenters. The third-order valence-electron chi connectivity index (χ3n) is 3.63. The lowest BCUT2D eigenvalue weighted by Gasteiger charge is -2.16. The second kappa shape index (κ2) is 7.09. The van der Waals surface area contributed by atoms with Gasteiger partial charge in [-0.05, 0) is 38.3 Å². The Morgan fingerprint density at radius 2 is 2.11 bits per heavy atom. The minimum Gasteiger partial charge on any atom is -0.481 e. The Morgan fingerprint density at radius 1 is 1.39 bits per heavy atom. The molecule has 2 unspecified atom stereocenters. The lowest BCUT2D eigenvalue weighted by Crippen LogP contribution is -2.30. The molecule has 0 aromatic rings. The molecule has 0 aliphatic heterocycles. The molecule has 0 amide bonds. The maximum atomic E-state index is 11.3. The Labute approximate surface area is 109 Å². The monoisotopic (exact) mass is 277 g/mol. The van der Waals surface area contributed by atoms with Crippen LogP contribution < -0.4 is 5.32 Å². The van der Waals surface area contributed by atoms with E-state index in [9.17, 15) is 13.2 Å². The summed E-state index contributed by atoms with van der Waals surface area (Å²) in [6.45, 7) is 2.98. The zero-order chi connectivity index (χ0) is 13.6. The van der Waals surface area contributed by atoms with Crippen molar-refractivity contribution in [2.45, 2.75) is 32.6 Å². The van der Waals surface area contributed by atoms with E-state index in [1.165, 1.54) is 0 Å². The summed E-state index contributed by atoms with van der Waals surface area (Å²) in [4.78, 5) is 11.0. The van der Waals surface area contributed by atoms with E-state index in [1.807, 2.05) is 0 Å². The van der Waals surface area contributed by atoms with E-state index in [2.05, 4.69) is 5.32 Å². The quantitative estimate of drug-likeness (QED) is 0.644. The normalized spacial score (nSPS) is 24.3. The van der Waals surface area contributed by atoms with Gasteiger partial charge in [-0.25, -0.2) is 8.42 Å². The maximum absolute atomic E-state index is 11.3. The lowest BCUT2D eigenvalue weighted by molar-refractivity contribution is -0.142. The number of nitrogens with one attached hydrogen (secondary N) is 1. The fraction of sp³-hybridized carbons (Fsp3) is 0.917. The van der Waals surface area contributed by atoms with Gasteiger partial charge in [0.1, 0.15) is 9.84 Å². The minimum atomic E-state index is -2.88. The molecule has 0 radical (unpaired) electrons. The highest BCUT2D eigenvalue weighted by Gasteiger charge is 2.32. The van der Waals surface area contributed by atoms with Crippen LogP contribution in [0.5, 0.6) is 0 Å². The zero-order valence-corrected chi connectivity index (χ0v) is 11.7. The van der Waals surface area contributed by atoms with Gasteiger partial charge in [-0.2, -0.15) is 0 Å². The van der Waals surface area contributed by atoms with Crippen molar-refractivity contribution in [1.82, 2.24) is 5.32 Å². The molecule has 0 saturated heterocycles. The Kier molecular flexibility index (Phi) is 6.08. The van der Waals surface area contributed by atoms with E-state index < -0.39 is 15.8 Å². The predicted molar refractivity (Wildman–Crippen MR) is 70.3 cm³/mol. The summed E-state index contributed by atoms with van der Waals surface area (Å²) in [5.41, 5.74) is 0. The van der Waals surface area contributed by atoms with Crippen molar-refractivity contribution in [2.24, 2.45) is 11.8 Å². The molecule has 2 N–H and O–H groups in total. The number of carboxylic acid groups (broad SMARTS) is 1. The summed E-state index contributed by atoms with van der Waals surface area (Å²) >= 11 is 0. The first-order valence-electron chi connectivity index (χ1n) is 6.60. The van der Waals surface area contributed by atoms with Gasteiger partial charge in [-0.1, -0.05) is 13.3 Å².